The van der Waals surface area contributed by atoms with E-state index in [0.717, 1.165) is 24.4 Å². The summed E-state index contributed by atoms with van der Waals surface area (Å²) in [4.78, 5) is 14.5. The number of hydrogen-bond acceptors (Lipinski definition) is 3. The standard InChI is InChI=1S/C20H26N2OS/c1-4-22(2)14-18-7-5-6-17(12-18)13-21-20(23)19-10-8-16(9-11-19)15-24-3/h5-12H,4,13-15H2,1-3H3,(H,21,23). The maximum atomic E-state index is 12.3. The van der Waals surface area contributed by atoms with E-state index in [1.807, 2.05) is 24.3 Å². The van der Waals surface area contributed by atoms with Crippen LogP contribution in [0.1, 0.15) is 34.0 Å². The smallest absolute Gasteiger partial charge is 0.251 e. The molecule has 0 bridgehead atoms. The molecule has 0 radical (unpaired) electrons. The first-order valence-electron chi connectivity index (χ1n) is 8.24. The third-order valence-electron chi connectivity index (χ3n) is 3.96. The van der Waals surface area contributed by atoms with Crippen molar-refractivity contribution in [3.8, 4) is 0 Å². The van der Waals surface area contributed by atoms with Gasteiger partial charge in [0.2, 0.25) is 0 Å². The van der Waals surface area contributed by atoms with Gasteiger partial charge in [-0.1, -0.05) is 43.3 Å². The highest BCUT2D eigenvalue weighted by atomic mass is 32.2. The van der Waals surface area contributed by atoms with Crippen LogP contribution in [0.4, 0.5) is 0 Å². The molecule has 0 aromatic heterocycles. The van der Waals surface area contributed by atoms with E-state index in [9.17, 15) is 4.79 Å². The van der Waals surface area contributed by atoms with Crippen LogP contribution in [-0.4, -0.2) is 30.7 Å². The van der Waals surface area contributed by atoms with E-state index in [1.165, 1.54) is 11.1 Å². The minimum absolute atomic E-state index is 0.0261. The number of thioether (sulfide) groups is 1. The lowest BCUT2D eigenvalue weighted by Gasteiger charge is -2.14. The van der Waals surface area contributed by atoms with Gasteiger partial charge in [-0.2, -0.15) is 11.8 Å². The lowest BCUT2D eigenvalue weighted by Crippen LogP contribution is -2.23. The Hall–Kier alpha value is -1.78. The van der Waals surface area contributed by atoms with Gasteiger partial charge < -0.3 is 10.2 Å². The van der Waals surface area contributed by atoms with Crippen LogP contribution >= 0.6 is 11.8 Å². The molecule has 0 saturated heterocycles. The first kappa shape index (κ1) is 18.6. The number of hydrogen-bond donors (Lipinski definition) is 1. The molecule has 0 atom stereocenters. The SMILES string of the molecule is CCN(C)Cc1cccc(CNC(=O)c2ccc(CSC)cc2)c1. The molecule has 0 unspecified atom stereocenters. The molecular weight excluding hydrogens is 316 g/mol. The van der Waals surface area contributed by atoms with Gasteiger partial charge in [-0.05, 0) is 48.7 Å². The average molecular weight is 343 g/mol. The van der Waals surface area contributed by atoms with Gasteiger partial charge in [0.15, 0.2) is 0 Å². The van der Waals surface area contributed by atoms with Crippen molar-refractivity contribution >= 4 is 17.7 Å². The Kier molecular flexibility index (Phi) is 7.35. The van der Waals surface area contributed by atoms with Gasteiger partial charge in [-0.25, -0.2) is 0 Å². The summed E-state index contributed by atoms with van der Waals surface area (Å²) in [6.45, 7) is 4.65. The second-order valence-corrected chi connectivity index (χ2v) is 6.83. The van der Waals surface area contributed by atoms with E-state index >= 15 is 0 Å². The molecular formula is C20H26N2OS. The molecule has 2 aromatic carbocycles. The number of benzene rings is 2. The monoisotopic (exact) mass is 342 g/mol. The summed E-state index contributed by atoms with van der Waals surface area (Å²) in [5.74, 6) is 0.947. The number of nitrogens with one attached hydrogen (secondary N) is 1. The normalized spacial score (nSPS) is 10.8. The van der Waals surface area contributed by atoms with Gasteiger partial charge in [0.25, 0.3) is 5.91 Å². The fraction of sp³-hybridized carbons (Fsp3) is 0.350. The Morgan fingerprint density at radius 2 is 1.79 bits per heavy atom. The highest BCUT2D eigenvalue weighted by Crippen LogP contribution is 2.11. The Morgan fingerprint density at radius 3 is 2.46 bits per heavy atom. The molecule has 0 aliphatic carbocycles. The first-order valence-corrected chi connectivity index (χ1v) is 9.64. The van der Waals surface area contributed by atoms with E-state index in [0.29, 0.717) is 12.1 Å². The Bertz CT molecular complexity index is 655. The third-order valence-corrected chi connectivity index (χ3v) is 4.59. The maximum absolute atomic E-state index is 12.3. The summed E-state index contributed by atoms with van der Waals surface area (Å²) in [5, 5.41) is 3.00. The molecule has 0 fully saturated rings. The second kappa shape index (κ2) is 9.50. The summed E-state index contributed by atoms with van der Waals surface area (Å²) in [6, 6.07) is 16.2. The molecule has 0 aliphatic rings. The quantitative estimate of drug-likeness (QED) is 0.789. The number of carbonyl (C=O) groups is 1. The third kappa shape index (κ3) is 5.69. The van der Waals surface area contributed by atoms with Gasteiger partial charge in [-0.3, -0.25) is 4.79 Å². The van der Waals surface area contributed by atoms with Crippen LogP contribution < -0.4 is 5.32 Å². The van der Waals surface area contributed by atoms with E-state index in [1.54, 1.807) is 11.8 Å². The maximum Gasteiger partial charge on any atom is 0.251 e. The zero-order chi connectivity index (χ0) is 17.4. The van der Waals surface area contributed by atoms with Gasteiger partial charge in [0.05, 0.1) is 0 Å². The molecule has 0 heterocycles. The molecule has 0 spiro atoms. The summed E-state index contributed by atoms with van der Waals surface area (Å²) >= 11 is 1.78. The number of amides is 1. The van der Waals surface area contributed by atoms with Crippen LogP contribution in [0.2, 0.25) is 0 Å². The average Bonchev–Trinajstić information content (AvgIpc) is 2.61. The molecule has 24 heavy (non-hydrogen) atoms. The molecule has 128 valence electrons. The Labute approximate surface area is 149 Å². The minimum Gasteiger partial charge on any atom is -0.348 e. The van der Waals surface area contributed by atoms with E-state index in [4.69, 9.17) is 0 Å². The van der Waals surface area contributed by atoms with Gasteiger partial charge in [-0.15, -0.1) is 0 Å². The molecule has 0 aliphatic heterocycles. The van der Waals surface area contributed by atoms with Crippen molar-refractivity contribution in [1.29, 1.82) is 0 Å². The predicted molar refractivity (Wildman–Crippen MR) is 103 cm³/mol. The van der Waals surface area contributed by atoms with Crippen LogP contribution in [0, 0.1) is 0 Å². The molecule has 2 rings (SSSR count). The van der Waals surface area contributed by atoms with E-state index in [-0.39, 0.29) is 5.91 Å². The number of nitrogens with zero attached hydrogens (tertiary/aromatic N) is 1. The van der Waals surface area contributed by atoms with Gasteiger partial charge >= 0.3 is 0 Å². The van der Waals surface area contributed by atoms with Crippen LogP contribution in [-0.2, 0) is 18.8 Å². The minimum atomic E-state index is -0.0261. The second-order valence-electron chi connectivity index (χ2n) is 5.96. The summed E-state index contributed by atoms with van der Waals surface area (Å²) < 4.78 is 0. The van der Waals surface area contributed by atoms with Crippen molar-refractivity contribution in [2.24, 2.45) is 0 Å². The fourth-order valence-electron chi connectivity index (χ4n) is 2.46. The van der Waals surface area contributed by atoms with Gasteiger partial charge in [0.1, 0.15) is 0 Å². The van der Waals surface area contributed by atoms with Crippen molar-refractivity contribution in [1.82, 2.24) is 10.2 Å². The Morgan fingerprint density at radius 1 is 1.08 bits per heavy atom. The zero-order valence-electron chi connectivity index (χ0n) is 14.7. The van der Waals surface area contributed by atoms with Crippen molar-refractivity contribution in [2.45, 2.75) is 25.8 Å². The number of carbonyl (C=O) groups excluding carboxylic acids is 1. The van der Waals surface area contributed by atoms with E-state index in [2.05, 4.69) is 54.7 Å². The Balaban J connectivity index is 1.92. The first-order chi connectivity index (χ1) is 11.6. The molecule has 0 saturated carbocycles. The van der Waals surface area contributed by atoms with Crippen molar-refractivity contribution in [2.75, 3.05) is 19.8 Å². The zero-order valence-corrected chi connectivity index (χ0v) is 15.5. The topological polar surface area (TPSA) is 32.3 Å². The predicted octanol–water partition coefficient (Wildman–Crippen LogP) is 3.93. The van der Waals surface area contributed by atoms with Crippen molar-refractivity contribution < 1.29 is 4.79 Å². The highest BCUT2D eigenvalue weighted by Gasteiger charge is 2.06. The van der Waals surface area contributed by atoms with Crippen LogP contribution in [0.5, 0.6) is 0 Å². The lowest BCUT2D eigenvalue weighted by atomic mass is 10.1. The van der Waals surface area contributed by atoms with Gasteiger partial charge in [0, 0.05) is 24.4 Å². The van der Waals surface area contributed by atoms with Crippen LogP contribution in [0.3, 0.4) is 0 Å². The molecule has 1 amide bonds. The van der Waals surface area contributed by atoms with E-state index < -0.39 is 0 Å². The van der Waals surface area contributed by atoms with Crippen molar-refractivity contribution in [3.05, 3.63) is 70.8 Å². The molecule has 4 heteroatoms. The summed E-state index contributed by atoms with van der Waals surface area (Å²) in [7, 11) is 2.11. The summed E-state index contributed by atoms with van der Waals surface area (Å²) in [6.07, 6.45) is 2.08. The molecule has 3 nitrogen and oxygen atoms in total. The van der Waals surface area contributed by atoms with Crippen LogP contribution in [0.15, 0.2) is 48.5 Å². The largest absolute Gasteiger partial charge is 0.348 e. The highest BCUT2D eigenvalue weighted by molar-refractivity contribution is 7.97. The summed E-state index contributed by atoms with van der Waals surface area (Å²) in [5.41, 5.74) is 4.35. The molecule has 1 N–H and O–H groups in total. The fourth-order valence-corrected chi connectivity index (χ4v) is 2.99. The molecule has 2 aromatic rings. The lowest BCUT2D eigenvalue weighted by molar-refractivity contribution is 0.0951. The van der Waals surface area contributed by atoms with Crippen LogP contribution in [0.25, 0.3) is 0 Å². The van der Waals surface area contributed by atoms with Crippen molar-refractivity contribution in [3.63, 3.8) is 0 Å². The number of rotatable bonds is 8.